The molecule has 10 nitrogen and oxygen atoms in total. The van der Waals surface area contributed by atoms with Gasteiger partial charge in [-0.3, -0.25) is 9.69 Å². The van der Waals surface area contributed by atoms with Crippen LogP contribution in [0.25, 0.3) is 11.1 Å². The molecule has 38 heavy (non-hydrogen) atoms. The van der Waals surface area contributed by atoms with E-state index < -0.39 is 11.9 Å². The number of benzene rings is 3. The van der Waals surface area contributed by atoms with Crippen molar-refractivity contribution in [1.82, 2.24) is 9.80 Å². The molecule has 0 aliphatic carbocycles. The van der Waals surface area contributed by atoms with Crippen molar-refractivity contribution in [2.45, 2.75) is 6.54 Å². The average Bonchev–Trinajstić information content (AvgIpc) is 3.41. The van der Waals surface area contributed by atoms with Gasteiger partial charge < -0.3 is 29.3 Å². The van der Waals surface area contributed by atoms with Gasteiger partial charge in [0.1, 0.15) is 5.75 Å². The first-order valence-electron chi connectivity index (χ1n) is 12.0. The van der Waals surface area contributed by atoms with E-state index >= 15 is 0 Å². The maximum Gasteiger partial charge on any atom is 0.414 e. The normalized spacial score (nSPS) is 14.3. The first-order chi connectivity index (χ1) is 18.4. The number of fused-ring (bicyclic) bond motifs is 1. The number of hydrogen-bond acceptors (Lipinski definition) is 7. The summed E-state index contributed by atoms with van der Waals surface area (Å²) in [5.74, 6) is -1.30. The van der Waals surface area contributed by atoms with Crippen LogP contribution in [0.4, 0.5) is 0 Å². The van der Waals surface area contributed by atoms with Gasteiger partial charge in [-0.1, -0.05) is 48.5 Å². The van der Waals surface area contributed by atoms with Gasteiger partial charge >= 0.3 is 11.9 Å². The monoisotopic (exact) mass is 520 g/mol. The summed E-state index contributed by atoms with van der Waals surface area (Å²) in [4.78, 5) is 35.0. The standard InChI is InChI=1S/C26H26N2O4.C2H2O4/c29-26(18-30-23-9-7-22(8-10-23)21-4-2-1-3-5-21)28-14-12-27(13-15-28)17-20-6-11-24-25(16-20)32-19-31-24;3-1(4)2(5)6/h1-11,16H,12-15,17-19H2;(H,3,4)(H,5,6). The van der Waals surface area contributed by atoms with Gasteiger partial charge in [-0.2, -0.15) is 0 Å². The van der Waals surface area contributed by atoms with E-state index in [1.165, 1.54) is 5.56 Å². The maximum absolute atomic E-state index is 12.6. The van der Waals surface area contributed by atoms with Crippen LogP contribution in [0.2, 0.25) is 0 Å². The SMILES string of the molecule is O=C(COc1ccc(-c2ccccc2)cc1)N1CCN(Cc2ccc3c(c2)OCO3)CC1.O=C(O)C(=O)O. The number of hydrogen-bond donors (Lipinski definition) is 2. The molecule has 2 aliphatic heterocycles. The first-order valence-corrected chi connectivity index (χ1v) is 12.0. The highest BCUT2D eigenvalue weighted by molar-refractivity contribution is 6.27. The number of nitrogens with zero attached hydrogens (tertiary/aromatic N) is 2. The van der Waals surface area contributed by atoms with Gasteiger partial charge in [-0.05, 0) is 41.0 Å². The highest BCUT2D eigenvalue weighted by Gasteiger charge is 2.22. The predicted octanol–water partition coefficient (Wildman–Crippen LogP) is 2.96. The average molecular weight is 521 g/mol. The number of carbonyl (C=O) groups excluding carboxylic acids is 1. The van der Waals surface area contributed by atoms with Crippen LogP contribution in [0, 0.1) is 0 Å². The molecule has 0 bridgehead atoms. The molecule has 3 aromatic carbocycles. The summed E-state index contributed by atoms with van der Waals surface area (Å²) >= 11 is 0. The van der Waals surface area contributed by atoms with Gasteiger partial charge in [0, 0.05) is 32.7 Å². The maximum atomic E-state index is 12.6. The van der Waals surface area contributed by atoms with Crippen LogP contribution in [0.15, 0.2) is 72.8 Å². The zero-order valence-electron chi connectivity index (χ0n) is 20.6. The molecule has 2 aliphatic rings. The van der Waals surface area contributed by atoms with E-state index in [2.05, 4.69) is 23.1 Å². The first kappa shape index (κ1) is 26.5. The van der Waals surface area contributed by atoms with Crippen molar-refractivity contribution in [3.63, 3.8) is 0 Å². The van der Waals surface area contributed by atoms with E-state index in [0.29, 0.717) is 25.6 Å². The summed E-state index contributed by atoms with van der Waals surface area (Å²) < 4.78 is 16.6. The molecule has 0 spiro atoms. The number of carboxylic acids is 2. The number of carbonyl (C=O) groups is 3. The molecule has 2 heterocycles. The topological polar surface area (TPSA) is 126 Å². The number of amides is 1. The van der Waals surface area contributed by atoms with Crippen LogP contribution in [0.5, 0.6) is 17.2 Å². The van der Waals surface area contributed by atoms with Gasteiger partial charge in [-0.15, -0.1) is 0 Å². The van der Waals surface area contributed by atoms with Gasteiger partial charge in [0.2, 0.25) is 6.79 Å². The van der Waals surface area contributed by atoms with Crippen LogP contribution in [0.1, 0.15) is 5.56 Å². The predicted molar refractivity (Wildman–Crippen MR) is 137 cm³/mol. The molecule has 0 atom stereocenters. The highest BCUT2D eigenvalue weighted by Crippen LogP contribution is 2.32. The summed E-state index contributed by atoms with van der Waals surface area (Å²) in [6, 6.07) is 24.1. The van der Waals surface area contributed by atoms with E-state index in [9.17, 15) is 4.79 Å². The van der Waals surface area contributed by atoms with Gasteiger partial charge in [0.15, 0.2) is 18.1 Å². The Kier molecular flexibility index (Phi) is 8.78. The van der Waals surface area contributed by atoms with Crippen molar-refractivity contribution >= 4 is 17.8 Å². The minimum atomic E-state index is -1.82. The van der Waals surface area contributed by atoms with Gasteiger partial charge in [-0.25, -0.2) is 9.59 Å². The molecule has 198 valence electrons. The Labute approximate surface area is 219 Å². The molecule has 1 fully saturated rings. The summed E-state index contributed by atoms with van der Waals surface area (Å²) in [7, 11) is 0. The number of aliphatic carboxylic acids is 2. The van der Waals surface area contributed by atoms with E-state index in [1.54, 1.807) is 0 Å². The second-order valence-electron chi connectivity index (χ2n) is 8.63. The Hall–Kier alpha value is -4.57. The molecular formula is C28H28N2O8. The summed E-state index contributed by atoms with van der Waals surface area (Å²) in [5, 5.41) is 14.8. The summed E-state index contributed by atoms with van der Waals surface area (Å²) in [6.07, 6.45) is 0. The van der Waals surface area contributed by atoms with Crippen LogP contribution in [-0.4, -0.2) is 77.4 Å². The highest BCUT2D eigenvalue weighted by atomic mass is 16.7. The third-order valence-corrected chi connectivity index (χ3v) is 6.07. The molecular weight excluding hydrogens is 492 g/mol. The Bertz CT molecular complexity index is 1240. The molecule has 0 unspecified atom stereocenters. The number of piperazine rings is 1. The van der Waals surface area contributed by atoms with Crippen LogP contribution >= 0.6 is 0 Å². The molecule has 2 N–H and O–H groups in total. The van der Waals surface area contributed by atoms with Crippen molar-refractivity contribution in [3.8, 4) is 28.4 Å². The lowest BCUT2D eigenvalue weighted by molar-refractivity contribution is -0.159. The van der Waals surface area contributed by atoms with E-state index in [1.807, 2.05) is 59.5 Å². The molecule has 10 heteroatoms. The van der Waals surface area contributed by atoms with Crippen molar-refractivity contribution < 1.29 is 38.8 Å². The third-order valence-electron chi connectivity index (χ3n) is 6.07. The van der Waals surface area contributed by atoms with E-state index in [0.717, 1.165) is 42.3 Å². The molecule has 3 aromatic rings. The Balaban J connectivity index is 0.000000505. The smallest absolute Gasteiger partial charge is 0.414 e. The minimum Gasteiger partial charge on any atom is -0.484 e. The van der Waals surface area contributed by atoms with Crippen molar-refractivity contribution in [2.24, 2.45) is 0 Å². The zero-order valence-corrected chi connectivity index (χ0v) is 20.6. The number of rotatable bonds is 6. The lowest BCUT2D eigenvalue weighted by atomic mass is 10.1. The zero-order chi connectivity index (χ0) is 26.9. The fourth-order valence-electron chi connectivity index (χ4n) is 4.06. The fourth-order valence-corrected chi connectivity index (χ4v) is 4.06. The lowest BCUT2D eigenvalue weighted by Gasteiger charge is -2.34. The molecule has 0 aromatic heterocycles. The van der Waals surface area contributed by atoms with Crippen molar-refractivity contribution in [1.29, 1.82) is 0 Å². The number of ether oxygens (including phenoxy) is 3. The second-order valence-corrected chi connectivity index (χ2v) is 8.63. The Morgan fingerprint density at radius 3 is 2.05 bits per heavy atom. The van der Waals surface area contributed by atoms with Gasteiger partial charge in [0.25, 0.3) is 5.91 Å². The molecule has 1 amide bonds. The summed E-state index contributed by atoms with van der Waals surface area (Å²) in [6.45, 7) is 4.28. The van der Waals surface area contributed by atoms with E-state index in [-0.39, 0.29) is 12.5 Å². The largest absolute Gasteiger partial charge is 0.484 e. The second kappa shape index (κ2) is 12.6. The molecule has 0 saturated carbocycles. The number of carboxylic acid groups (broad SMARTS) is 2. The summed E-state index contributed by atoms with van der Waals surface area (Å²) in [5.41, 5.74) is 3.48. The molecule has 1 saturated heterocycles. The third kappa shape index (κ3) is 7.23. The van der Waals surface area contributed by atoms with Gasteiger partial charge in [0.05, 0.1) is 0 Å². The lowest BCUT2D eigenvalue weighted by Crippen LogP contribution is -2.49. The molecule has 5 rings (SSSR count). The van der Waals surface area contributed by atoms with Crippen LogP contribution in [-0.2, 0) is 20.9 Å². The van der Waals surface area contributed by atoms with E-state index in [4.69, 9.17) is 34.0 Å². The Morgan fingerprint density at radius 2 is 1.39 bits per heavy atom. The van der Waals surface area contributed by atoms with Crippen molar-refractivity contribution in [3.05, 3.63) is 78.4 Å². The minimum absolute atomic E-state index is 0.0277. The van der Waals surface area contributed by atoms with Crippen LogP contribution < -0.4 is 14.2 Å². The quantitative estimate of drug-likeness (QED) is 0.472. The van der Waals surface area contributed by atoms with Crippen LogP contribution in [0.3, 0.4) is 0 Å². The van der Waals surface area contributed by atoms with Crippen molar-refractivity contribution in [2.75, 3.05) is 39.6 Å². The fraction of sp³-hybridized carbons (Fsp3) is 0.250. The molecule has 0 radical (unpaired) electrons. The Morgan fingerprint density at radius 1 is 0.763 bits per heavy atom.